The lowest BCUT2D eigenvalue weighted by atomic mass is 10.0. The number of carbonyl (C=O) groups is 2. The number of benzene rings is 2. The SMILES string of the molecule is Cc1ccc(C(=O)N(CC(=O)N2CCc3sccc3[C@@H]2COc2ccc(Cl)cc2)C2CC2)cc1. The monoisotopic (exact) mass is 494 g/mol. The fourth-order valence-electron chi connectivity index (χ4n) is 4.43. The summed E-state index contributed by atoms with van der Waals surface area (Å²) in [6, 6.07) is 16.9. The van der Waals surface area contributed by atoms with Gasteiger partial charge >= 0.3 is 0 Å². The van der Waals surface area contributed by atoms with Gasteiger partial charge in [0.1, 0.15) is 18.9 Å². The van der Waals surface area contributed by atoms with Gasteiger partial charge in [-0.2, -0.15) is 0 Å². The summed E-state index contributed by atoms with van der Waals surface area (Å²) >= 11 is 7.72. The summed E-state index contributed by atoms with van der Waals surface area (Å²) in [4.78, 5) is 31.8. The maximum atomic E-state index is 13.6. The highest BCUT2D eigenvalue weighted by molar-refractivity contribution is 7.10. The number of carbonyl (C=O) groups excluding carboxylic acids is 2. The van der Waals surface area contributed by atoms with Crippen molar-refractivity contribution in [3.63, 3.8) is 0 Å². The van der Waals surface area contributed by atoms with E-state index >= 15 is 0 Å². The van der Waals surface area contributed by atoms with E-state index in [4.69, 9.17) is 16.3 Å². The average molecular weight is 495 g/mol. The van der Waals surface area contributed by atoms with Crippen molar-refractivity contribution in [2.45, 2.75) is 38.3 Å². The Morgan fingerprint density at radius 2 is 1.82 bits per heavy atom. The predicted molar refractivity (Wildman–Crippen MR) is 135 cm³/mol. The molecule has 0 spiro atoms. The lowest BCUT2D eigenvalue weighted by Gasteiger charge is -2.37. The highest BCUT2D eigenvalue weighted by Gasteiger charge is 2.38. The second-order valence-corrected chi connectivity index (χ2v) is 10.4. The van der Waals surface area contributed by atoms with E-state index in [0.29, 0.717) is 29.5 Å². The molecule has 0 N–H and O–H groups in total. The number of rotatable bonds is 7. The first-order chi connectivity index (χ1) is 16.5. The van der Waals surface area contributed by atoms with Gasteiger partial charge in [-0.3, -0.25) is 9.59 Å². The predicted octanol–water partition coefficient (Wildman–Crippen LogP) is 5.52. The van der Waals surface area contributed by atoms with Crippen LogP contribution in [0.2, 0.25) is 5.02 Å². The highest BCUT2D eigenvalue weighted by atomic mass is 35.5. The van der Waals surface area contributed by atoms with Crippen molar-refractivity contribution < 1.29 is 14.3 Å². The van der Waals surface area contributed by atoms with E-state index in [1.54, 1.807) is 28.4 Å². The van der Waals surface area contributed by atoms with Gasteiger partial charge < -0.3 is 14.5 Å². The number of ether oxygens (including phenoxy) is 1. The van der Waals surface area contributed by atoms with E-state index in [-0.39, 0.29) is 30.4 Å². The number of amides is 2. The molecule has 1 aliphatic heterocycles. The van der Waals surface area contributed by atoms with Crippen LogP contribution in [0.25, 0.3) is 0 Å². The number of aryl methyl sites for hydroxylation is 1. The molecule has 0 saturated heterocycles. The van der Waals surface area contributed by atoms with E-state index in [1.807, 2.05) is 48.2 Å². The molecule has 0 bridgehead atoms. The van der Waals surface area contributed by atoms with Crippen molar-refractivity contribution in [2.75, 3.05) is 19.7 Å². The Morgan fingerprint density at radius 3 is 2.53 bits per heavy atom. The van der Waals surface area contributed by atoms with Crippen LogP contribution in [0.3, 0.4) is 0 Å². The Morgan fingerprint density at radius 1 is 1.09 bits per heavy atom. The third-order valence-corrected chi connectivity index (χ3v) is 7.74. The number of halogens is 1. The minimum atomic E-state index is -0.186. The summed E-state index contributed by atoms with van der Waals surface area (Å²) in [5.74, 6) is 0.611. The molecular formula is C27H27ClN2O3S. The first-order valence-corrected chi connectivity index (χ1v) is 12.9. The first-order valence-electron chi connectivity index (χ1n) is 11.6. The van der Waals surface area contributed by atoms with Gasteiger partial charge in [0.25, 0.3) is 5.91 Å². The molecule has 0 unspecified atom stereocenters. The standard InChI is InChI=1S/C27H27ClN2O3S/c1-18-2-4-19(5-3-18)27(32)30(21-8-9-21)16-26(31)29-14-12-25-23(13-15-34-25)24(29)17-33-22-10-6-20(28)7-11-22/h2-7,10-11,13,15,21,24H,8-9,12,14,16-17H2,1H3/t24-/m0/s1. The van der Waals surface area contributed by atoms with Gasteiger partial charge in [0.2, 0.25) is 5.91 Å². The van der Waals surface area contributed by atoms with Crippen molar-refractivity contribution >= 4 is 34.8 Å². The zero-order valence-electron chi connectivity index (χ0n) is 19.1. The molecule has 1 aromatic heterocycles. The Balaban J connectivity index is 1.33. The summed E-state index contributed by atoms with van der Waals surface area (Å²) in [6.07, 6.45) is 2.72. The molecule has 2 aliphatic rings. The smallest absolute Gasteiger partial charge is 0.254 e. The molecule has 5 nitrogen and oxygen atoms in total. The van der Waals surface area contributed by atoms with Crippen molar-refractivity contribution in [2.24, 2.45) is 0 Å². The molecule has 1 fully saturated rings. The molecule has 2 aromatic carbocycles. The minimum absolute atomic E-state index is 0.0334. The molecular weight excluding hydrogens is 468 g/mol. The maximum absolute atomic E-state index is 13.6. The molecule has 1 aliphatic carbocycles. The van der Waals surface area contributed by atoms with E-state index in [0.717, 1.165) is 30.4 Å². The molecule has 176 valence electrons. The Bertz CT molecular complexity index is 1170. The lowest BCUT2D eigenvalue weighted by Crippen LogP contribution is -2.48. The average Bonchev–Trinajstić information content (AvgIpc) is 3.57. The van der Waals surface area contributed by atoms with Crippen LogP contribution in [0.1, 0.15) is 45.2 Å². The molecule has 3 aromatic rings. The zero-order chi connectivity index (χ0) is 23.7. The van der Waals surface area contributed by atoms with Crippen molar-refractivity contribution in [3.05, 3.63) is 86.6 Å². The largest absolute Gasteiger partial charge is 0.491 e. The summed E-state index contributed by atoms with van der Waals surface area (Å²) in [6.45, 7) is 3.07. The topological polar surface area (TPSA) is 49.9 Å². The summed E-state index contributed by atoms with van der Waals surface area (Å²) in [5.41, 5.74) is 2.88. The van der Waals surface area contributed by atoms with Gasteiger partial charge in [-0.05, 0) is 79.6 Å². The quantitative estimate of drug-likeness (QED) is 0.434. The van der Waals surface area contributed by atoms with Crippen molar-refractivity contribution in [1.29, 1.82) is 0 Å². The van der Waals surface area contributed by atoms with E-state index in [9.17, 15) is 9.59 Å². The second-order valence-electron chi connectivity index (χ2n) is 8.95. The van der Waals surface area contributed by atoms with Gasteiger partial charge in [-0.25, -0.2) is 0 Å². The Hall–Kier alpha value is -2.83. The van der Waals surface area contributed by atoms with E-state index in [2.05, 4.69) is 11.4 Å². The molecule has 34 heavy (non-hydrogen) atoms. The van der Waals surface area contributed by atoms with Gasteiger partial charge in [-0.15, -0.1) is 11.3 Å². The van der Waals surface area contributed by atoms with Crippen molar-refractivity contribution in [1.82, 2.24) is 9.80 Å². The van der Waals surface area contributed by atoms with E-state index in [1.165, 1.54) is 4.88 Å². The van der Waals surface area contributed by atoms with E-state index < -0.39 is 0 Å². The summed E-state index contributed by atoms with van der Waals surface area (Å²) < 4.78 is 6.07. The first kappa shape index (κ1) is 22.9. The van der Waals surface area contributed by atoms with Crippen molar-refractivity contribution in [3.8, 4) is 5.75 Å². The van der Waals surface area contributed by atoms with Crippen LogP contribution in [0.15, 0.2) is 60.0 Å². The molecule has 5 rings (SSSR count). The van der Waals surface area contributed by atoms with Crippen LogP contribution in [-0.2, 0) is 11.2 Å². The molecule has 0 radical (unpaired) electrons. The molecule has 1 saturated carbocycles. The minimum Gasteiger partial charge on any atom is -0.491 e. The van der Waals surface area contributed by atoms with Crippen LogP contribution in [0.5, 0.6) is 5.75 Å². The van der Waals surface area contributed by atoms with Crippen LogP contribution in [-0.4, -0.2) is 47.4 Å². The third-order valence-electron chi connectivity index (χ3n) is 6.49. The van der Waals surface area contributed by atoms with Crippen LogP contribution in [0, 0.1) is 6.92 Å². The summed E-state index contributed by atoms with van der Waals surface area (Å²) in [7, 11) is 0. The highest BCUT2D eigenvalue weighted by Crippen LogP contribution is 2.35. The Labute approximate surface area is 208 Å². The van der Waals surface area contributed by atoms with Gasteiger partial charge in [0, 0.05) is 28.0 Å². The number of hydrogen-bond donors (Lipinski definition) is 0. The van der Waals surface area contributed by atoms with Gasteiger partial charge in [-0.1, -0.05) is 29.3 Å². The number of thiophene rings is 1. The number of hydrogen-bond acceptors (Lipinski definition) is 4. The maximum Gasteiger partial charge on any atom is 0.254 e. The van der Waals surface area contributed by atoms with Crippen LogP contribution < -0.4 is 4.74 Å². The van der Waals surface area contributed by atoms with Gasteiger partial charge in [0.05, 0.1) is 6.04 Å². The fourth-order valence-corrected chi connectivity index (χ4v) is 5.49. The molecule has 2 heterocycles. The molecule has 1 atom stereocenters. The van der Waals surface area contributed by atoms with Crippen LogP contribution >= 0.6 is 22.9 Å². The lowest BCUT2D eigenvalue weighted by molar-refractivity contribution is -0.135. The fraction of sp³-hybridized carbons (Fsp3) is 0.333. The zero-order valence-corrected chi connectivity index (χ0v) is 20.6. The Kier molecular flexibility index (Phi) is 6.61. The van der Waals surface area contributed by atoms with Crippen LogP contribution in [0.4, 0.5) is 0 Å². The second kappa shape index (κ2) is 9.80. The normalized spacial score (nSPS) is 17.2. The molecule has 2 amide bonds. The van der Waals surface area contributed by atoms with Gasteiger partial charge in [0.15, 0.2) is 0 Å². The number of nitrogens with zero attached hydrogens (tertiary/aromatic N) is 2. The molecule has 7 heteroatoms. The summed E-state index contributed by atoms with van der Waals surface area (Å²) in [5, 5.41) is 2.73. The third kappa shape index (κ3) is 4.98. The number of fused-ring (bicyclic) bond motifs is 1.